The van der Waals surface area contributed by atoms with Gasteiger partial charge in [0.1, 0.15) is 11.0 Å². The zero-order valence-corrected chi connectivity index (χ0v) is 19.0. The fraction of sp³-hybridized carbons (Fsp3) is 0.708. The predicted octanol–water partition coefficient (Wildman–Crippen LogP) is 7.85. The van der Waals surface area contributed by atoms with Crippen LogP contribution in [0.4, 0.5) is 0 Å². The van der Waals surface area contributed by atoms with Gasteiger partial charge in [0.05, 0.1) is 4.01 Å². The smallest absolute Gasteiger partial charge is 0.348 e. The zero-order valence-electron chi connectivity index (χ0n) is 17.4. The van der Waals surface area contributed by atoms with Crippen LogP contribution in [0.3, 0.4) is 0 Å². The molecule has 0 atom stereocenters. The number of fused-ring (bicyclic) bond motifs is 1. The van der Waals surface area contributed by atoms with E-state index in [2.05, 4.69) is 19.9 Å². The number of carbonyl (C=O) groups excluding carboxylic acids is 1. The summed E-state index contributed by atoms with van der Waals surface area (Å²) >= 11 is 3.44. The van der Waals surface area contributed by atoms with Gasteiger partial charge in [-0.05, 0) is 74.8 Å². The number of esters is 1. The van der Waals surface area contributed by atoms with Crippen LogP contribution in [0.1, 0.15) is 92.6 Å². The van der Waals surface area contributed by atoms with Gasteiger partial charge in [-0.3, -0.25) is 0 Å². The van der Waals surface area contributed by atoms with Crippen molar-refractivity contribution in [3.8, 4) is 0 Å². The summed E-state index contributed by atoms with van der Waals surface area (Å²) in [7, 11) is 0. The Bertz CT molecular complexity index is 742. The van der Waals surface area contributed by atoms with E-state index in [0.717, 1.165) is 41.9 Å². The van der Waals surface area contributed by atoms with Crippen LogP contribution in [0.15, 0.2) is 12.1 Å². The quantitative estimate of drug-likeness (QED) is 0.446. The number of thiophene rings is 2. The predicted molar refractivity (Wildman–Crippen MR) is 121 cm³/mol. The van der Waals surface area contributed by atoms with Gasteiger partial charge in [-0.1, -0.05) is 39.5 Å². The van der Waals surface area contributed by atoms with E-state index in [-0.39, 0.29) is 12.1 Å². The first-order valence-corrected chi connectivity index (χ1v) is 13.0. The van der Waals surface area contributed by atoms with Crippen LogP contribution < -0.4 is 0 Å². The summed E-state index contributed by atoms with van der Waals surface area (Å²) in [5.41, 5.74) is 0. The van der Waals surface area contributed by atoms with Crippen LogP contribution in [0.25, 0.3) is 9.40 Å². The van der Waals surface area contributed by atoms with Gasteiger partial charge in [-0.15, -0.1) is 22.7 Å². The van der Waals surface area contributed by atoms with Crippen molar-refractivity contribution in [1.29, 1.82) is 0 Å². The molecule has 0 amide bonds. The molecule has 2 nitrogen and oxygen atoms in total. The van der Waals surface area contributed by atoms with E-state index in [1.807, 2.05) is 17.4 Å². The van der Waals surface area contributed by atoms with Gasteiger partial charge in [-0.2, -0.15) is 0 Å². The molecule has 2 heterocycles. The summed E-state index contributed by atoms with van der Waals surface area (Å²) < 4.78 is 7.17. The van der Waals surface area contributed by atoms with E-state index in [1.165, 1.54) is 65.6 Å². The maximum absolute atomic E-state index is 12.6. The van der Waals surface area contributed by atoms with Crippen LogP contribution in [0.2, 0.25) is 0 Å². The molecule has 0 aromatic carbocycles. The van der Waals surface area contributed by atoms with E-state index in [9.17, 15) is 4.79 Å². The fourth-order valence-electron chi connectivity index (χ4n) is 5.32. The van der Waals surface area contributed by atoms with Crippen molar-refractivity contribution in [1.82, 2.24) is 0 Å². The molecule has 0 bridgehead atoms. The topological polar surface area (TPSA) is 26.3 Å². The van der Waals surface area contributed by atoms with E-state index in [4.69, 9.17) is 4.74 Å². The van der Waals surface area contributed by atoms with Gasteiger partial charge in [0, 0.05) is 10.3 Å². The Labute approximate surface area is 177 Å². The Morgan fingerprint density at radius 3 is 2.25 bits per heavy atom. The van der Waals surface area contributed by atoms with Crippen molar-refractivity contribution < 1.29 is 9.53 Å². The lowest BCUT2D eigenvalue weighted by molar-refractivity contribution is 0.0115. The van der Waals surface area contributed by atoms with Gasteiger partial charge < -0.3 is 4.74 Å². The van der Waals surface area contributed by atoms with Crippen LogP contribution in [0, 0.1) is 17.8 Å². The van der Waals surface area contributed by atoms with Crippen molar-refractivity contribution in [2.45, 2.75) is 90.6 Å². The summed E-state index contributed by atoms with van der Waals surface area (Å²) in [6.07, 6.45) is 14.1. The number of hydrogen-bond acceptors (Lipinski definition) is 4. The van der Waals surface area contributed by atoms with Crippen molar-refractivity contribution in [3.05, 3.63) is 21.9 Å². The number of carbonyl (C=O) groups is 1. The summed E-state index contributed by atoms with van der Waals surface area (Å²) in [5, 5.41) is 1.22. The van der Waals surface area contributed by atoms with E-state index >= 15 is 0 Å². The molecular weight excluding hydrogens is 384 g/mol. The summed E-state index contributed by atoms with van der Waals surface area (Å²) in [5.74, 6) is 2.68. The average Bonchev–Trinajstić information content (AvgIpc) is 3.28. The molecule has 0 aliphatic heterocycles. The standard InChI is InChI=1S/C24H34O2S2/c1-3-5-21-14-19-15-22(28-24(19)27-21)23(25)26-20-12-10-18(11-13-20)17-8-6-16(4-2)7-9-17/h14-18,20H,3-13H2,1-2H3/t16-,17-,18-,20-. The molecule has 0 spiro atoms. The van der Waals surface area contributed by atoms with E-state index < -0.39 is 0 Å². The first-order valence-electron chi connectivity index (χ1n) is 11.4. The first kappa shape index (κ1) is 20.4. The molecule has 154 valence electrons. The van der Waals surface area contributed by atoms with Crippen molar-refractivity contribution >= 4 is 38.0 Å². The molecule has 0 unspecified atom stereocenters. The average molecular weight is 419 g/mol. The minimum atomic E-state index is -0.0997. The Balaban J connectivity index is 1.26. The van der Waals surface area contributed by atoms with E-state index in [1.54, 1.807) is 11.3 Å². The lowest BCUT2D eigenvalue weighted by Crippen LogP contribution is -2.29. The maximum atomic E-state index is 12.6. The van der Waals surface area contributed by atoms with Crippen molar-refractivity contribution in [2.24, 2.45) is 17.8 Å². The minimum Gasteiger partial charge on any atom is -0.458 e. The number of ether oxygens (including phenoxy) is 1. The zero-order chi connectivity index (χ0) is 19.5. The second kappa shape index (κ2) is 9.30. The Kier molecular flexibility index (Phi) is 6.78. The highest BCUT2D eigenvalue weighted by Crippen LogP contribution is 2.41. The summed E-state index contributed by atoms with van der Waals surface area (Å²) in [6.45, 7) is 4.55. The van der Waals surface area contributed by atoms with E-state index in [0.29, 0.717) is 0 Å². The van der Waals surface area contributed by atoms with Crippen LogP contribution >= 0.6 is 22.7 Å². The van der Waals surface area contributed by atoms with Gasteiger partial charge in [0.2, 0.25) is 0 Å². The highest BCUT2D eigenvalue weighted by molar-refractivity contribution is 7.39. The maximum Gasteiger partial charge on any atom is 0.348 e. The molecule has 2 fully saturated rings. The molecule has 0 saturated heterocycles. The Hall–Kier alpha value is -0.870. The third kappa shape index (κ3) is 4.64. The third-order valence-corrected chi connectivity index (χ3v) is 9.52. The molecule has 2 aliphatic rings. The van der Waals surface area contributed by atoms with Gasteiger partial charge >= 0.3 is 5.97 Å². The number of aryl methyl sites for hydroxylation is 1. The Morgan fingerprint density at radius 2 is 1.64 bits per heavy atom. The highest BCUT2D eigenvalue weighted by Gasteiger charge is 2.32. The lowest BCUT2D eigenvalue weighted by atomic mass is 9.70. The van der Waals surface area contributed by atoms with Gasteiger partial charge in [0.25, 0.3) is 0 Å². The SMILES string of the molecule is CCCc1cc2cc(C(=O)O[C@H]3CC[C@H]([C@H]4CC[C@H](CC)CC4)CC3)sc2s1. The fourth-order valence-corrected chi connectivity index (χ4v) is 7.79. The molecule has 0 N–H and O–H groups in total. The van der Waals surface area contributed by atoms with Crippen LogP contribution in [0.5, 0.6) is 0 Å². The van der Waals surface area contributed by atoms with Crippen molar-refractivity contribution in [3.63, 3.8) is 0 Å². The second-order valence-corrected chi connectivity index (χ2v) is 11.4. The first-order chi connectivity index (χ1) is 13.7. The van der Waals surface area contributed by atoms with Crippen LogP contribution in [-0.2, 0) is 11.2 Å². The molecular formula is C24H34O2S2. The van der Waals surface area contributed by atoms with Crippen LogP contribution in [-0.4, -0.2) is 12.1 Å². The monoisotopic (exact) mass is 418 g/mol. The minimum absolute atomic E-state index is 0.0997. The molecule has 28 heavy (non-hydrogen) atoms. The number of rotatable bonds is 6. The molecule has 2 aromatic heterocycles. The van der Waals surface area contributed by atoms with Gasteiger partial charge in [0.15, 0.2) is 0 Å². The number of hydrogen-bond donors (Lipinski definition) is 0. The Morgan fingerprint density at radius 1 is 0.964 bits per heavy atom. The lowest BCUT2D eigenvalue weighted by Gasteiger charge is -2.37. The molecule has 2 saturated carbocycles. The summed E-state index contributed by atoms with van der Waals surface area (Å²) in [4.78, 5) is 14.8. The second-order valence-electron chi connectivity index (χ2n) is 8.95. The van der Waals surface area contributed by atoms with Crippen molar-refractivity contribution in [2.75, 3.05) is 0 Å². The highest BCUT2D eigenvalue weighted by atomic mass is 32.2. The molecule has 0 radical (unpaired) electrons. The third-order valence-electron chi connectivity index (χ3n) is 7.09. The normalized spacial score (nSPS) is 28.5. The summed E-state index contributed by atoms with van der Waals surface area (Å²) in [6, 6.07) is 4.28. The molecule has 2 aromatic rings. The molecule has 4 rings (SSSR count). The molecule has 2 aliphatic carbocycles. The van der Waals surface area contributed by atoms with Gasteiger partial charge in [-0.25, -0.2) is 4.79 Å². The molecule has 4 heteroatoms. The largest absolute Gasteiger partial charge is 0.458 e.